The summed E-state index contributed by atoms with van der Waals surface area (Å²) in [5.41, 5.74) is 3.75. The second-order valence-corrected chi connectivity index (χ2v) is 11.9. The minimum absolute atomic E-state index is 0.127. The van der Waals surface area contributed by atoms with Crippen molar-refractivity contribution in [2.75, 3.05) is 39.8 Å². The van der Waals surface area contributed by atoms with Gasteiger partial charge in [-0.3, -0.25) is 4.79 Å². The summed E-state index contributed by atoms with van der Waals surface area (Å²) in [4.78, 5) is 23.5. The number of ether oxygens (including phenoxy) is 1. The van der Waals surface area contributed by atoms with Crippen molar-refractivity contribution in [2.24, 2.45) is 11.8 Å². The largest absolute Gasteiger partial charge is 0.497 e. The Morgan fingerprint density at radius 1 is 0.949 bits per heavy atom. The molecule has 1 saturated heterocycles. The van der Waals surface area contributed by atoms with Crippen molar-refractivity contribution in [3.05, 3.63) is 48.0 Å². The number of hydrogen-bond acceptors (Lipinski definition) is 4. The zero-order chi connectivity index (χ0) is 27.8. The summed E-state index contributed by atoms with van der Waals surface area (Å²) in [6.07, 6.45) is 7.04. The predicted molar refractivity (Wildman–Crippen MR) is 161 cm³/mol. The van der Waals surface area contributed by atoms with Gasteiger partial charge in [-0.25, -0.2) is 4.98 Å². The van der Waals surface area contributed by atoms with Crippen LogP contribution in [0.5, 0.6) is 5.75 Å². The van der Waals surface area contributed by atoms with E-state index in [0.717, 1.165) is 79.2 Å². The van der Waals surface area contributed by atoms with Crippen molar-refractivity contribution in [1.29, 1.82) is 0 Å². The molecule has 1 aromatic heterocycles. The van der Waals surface area contributed by atoms with Crippen molar-refractivity contribution in [2.45, 2.75) is 72.8 Å². The molecule has 6 heteroatoms. The van der Waals surface area contributed by atoms with Crippen LogP contribution in [0.2, 0.25) is 0 Å². The van der Waals surface area contributed by atoms with Crippen LogP contribution in [0.25, 0.3) is 22.4 Å². The molecule has 0 bridgehead atoms. The number of imidazole rings is 1. The van der Waals surface area contributed by atoms with Crippen molar-refractivity contribution in [1.82, 2.24) is 19.4 Å². The van der Waals surface area contributed by atoms with Gasteiger partial charge in [0.2, 0.25) is 0 Å². The highest BCUT2D eigenvalue weighted by Crippen LogP contribution is 2.29. The number of likely N-dealkylation sites (tertiary alicyclic amines) is 1. The van der Waals surface area contributed by atoms with Crippen LogP contribution in [0.3, 0.4) is 0 Å². The average molecular weight is 533 g/mol. The third kappa shape index (κ3) is 7.84. The molecule has 1 amide bonds. The van der Waals surface area contributed by atoms with E-state index in [2.05, 4.69) is 54.2 Å². The lowest BCUT2D eigenvalue weighted by atomic mass is 10.1. The predicted octanol–water partition coefficient (Wildman–Crippen LogP) is 7.12. The van der Waals surface area contributed by atoms with Crippen molar-refractivity contribution in [3.63, 3.8) is 0 Å². The van der Waals surface area contributed by atoms with E-state index in [1.165, 1.54) is 32.4 Å². The fourth-order valence-electron chi connectivity index (χ4n) is 5.43. The topological polar surface area (TPSA) is 50.6 Å². The first kappa shape index (κ1) is 29.1. The van der Waals surface area contributed by atoms with Crippen LogP contribution >= 0.6 is 0 Å². The number of carbonyl (C=O) groups excluding carboxylic acids is 1. The van der Waals surface area contributed by atoms with E-state index in [1.807, 2.05) is 30.3 Å². The molecule has 3 aromatic rings. The summed E-state index contributed by atoms with van der Waals surface area (Å²) in [6, 6.07) is 14.2. The number of aromatic nitrogens is 2. The second kappa shape index (κ2) is 14.0. The molecule has 4 rings (SSSR count). The highest BCUT2D eigenvalue weighted by molar-refractivity contribution is 5.98. The van der Waals surface area contributed by atoms with Gasteiger partial charge in [0.05, 0.1) is 18.1 Å². The Hall–Kier alpha value is -2.86. The Bertz CT molecular complexity index is 1200. The Morgan fingerprint density at radius 2 is 1.67 bits per heavy atom. The number of nitrogens with zero attached hydrogens (tertiary/aromatic N) is 4. The van der Waals surface area contributed by atoms with Crippen molar-refractivity contribution < 1.29 is 9.53 Å². The van der Waals surface area contributed by atoms with Crippen molar-refractivity contribution in [3.8, 4) is 17.1 Å². The minimum atomic E-state index is 0.127. The first-order valence-electron chi connectivity index (χ1n) is 15.0. The minimum Gasteiger partial charge on any atom is -0.497 e. The van der Waals surface area contributed by atoms with Gasteiger partial charge in [-0.1, -0.05) is 46.2 Å². The molecule has 0 spiro atoms. The van der Waals surface area contributed by atoms with Gasteiger partial charge >= 0.3 is 0 Å². The van der Waals surface area contributed by atoms with Crippen LogP contribution in [-0.4, -0.2) is 65.1 Å². The Morgan fingerprint density at radius 3 is 2.33 bits per heavy atom. The monoisotopic (exact) mass is 532 g/mol. The summed E-state index contributed by atoms with van der Waals surface area (Å²) in [7, 11) is 1.70. The second-order valence-electron chi connectivity index (χ2n) is 11.9. The van der Waals surface area contributed by atoms with E-state index in [9.17, 15) is 4.79 Å². The lowest BCUT2D eigenvalue weighted by molar-refractivity contribution is 0.0741. The molecule has 2 aromatic carbocycles. The maximum absolute atomic E-state index is 13.8. The van der Waals surface area contributed by atoms with E-state index in [-0.39, 0.29) is 5.91 Å². The Kier molecular flexibility index (Phi) is 10.4. The average Bonchev–Trinajstić information content (AvgIpc) is 3.31. The van der Waals surface area contributed by atoms with Gasteiger partial charge < -0.3 is 19.1 Å². The van der Waals surface area contributed by atoms with E-state index in [1.54, 1.807) is 7.11 Å². The Labute approximate surface area is 235 Å². The fourth-order valence-corrected chi connectivity index (χ4v) is 5.43. The van der Waals surface area contributed by atoms with Crippen LogP contribution in [0.4, 0.5) is 0 Å². The molecule has 212 valence electrons. The van der Waals surface area contributed by atoms with Crippen molar-refractivity contribution >= 4 is 16.9 Å². The smallest absolute Gasteiger partial charge is 0.253 e. The number of hydrogen-bond donors (Lipinski definition) is 0. The molecule has 0 aliphatic carbocycles. The van der Waals surface area contributed by atoms with Crippen LogP contribution in [0.1, 0.15) is 76.6 Å². The SMILES string of the molecule is COc1cccc(-c2nc3ccc(C(=O)N(CCC(C)C)CCC(C)C)cc3n2CCCN2CCCCC2)c1. The standard InChI is InChI=1S/C33H48N4O2/c1-25(2)15-21-36(22-16-26(3)4)33(38)28-13-14-30-31(24-28)37(20-10-19-35-17-7-6-8-18-35)32(34-30)27-11-9-12-29(23-27)39-5/h9,11-14,23-26H,6-8,10,15-22H2,1-5H3. The van der Waals surface area contributed by atoms with Crippen LogP contribution in [-0.2, 0) is 6.54 Å². The number of piperidine rings is 1. The molecule has 1 fully saturated rings. The molecule has 0 saturated carbocycles. The normalized spacial score (nSPS) is 14.4. The van der Waals surface area contributed by atoms with Gasteiger partial charge in [0, 0.05) is 30.8 Å². The third-order valence-corrected chi connectivity index (χ3v) is 7.87. The maximum Gasteiger partial charge on any atom is 0.253 e. The summed E-state index contributed by atoms with van der Waals surface area (Å²) in [6.45, 7) is 14.8. The summed E-state index contributed by atoms with van der Waals surface area (Å²) in [5.74, 6) is 3.01. The molecule has 0 N–H and O–H groups in total. The van der Waals surface area contributed by atoms with E-state index < -0.39 is 0 Å². The number of benzene rings is 2. The zero-order valence-electron chi connectivity index (χ0n) is 24.8. The zero-order valence-corrected chi connectivity index (χ0v) is 24.8. The highest BCUT2D eigenvalue weighted by Gasteiger charge is 2.20. The first-order chi connectivity index (χ1) is 18.9. The number of methoxy groups -OCH3 is 1. The third-order valence-electron chi connectivity index (χ3n) is 7.87. The van der Waals surface area contributed by atoms with Gasteiger partial charge in [0.15, 0.2) is 0 Å². The molecule has 0 unspecified atom stereocenters. The van der Waals surface area contributed by atoms with E-state index in [4.69, 9.17) is 9.72 Å². The molecule has 2 heterocycles. The van der Waals surface area contributed by atoms with Gasteiger partial charge in [-0.15, -0.1) is 0 Å². The molecule has 39 heavy (non-hydrogen) atoms. The Balaban J connectivity index is 1.66. The number of rotatable bonds is 13. The molecule has 0 atom stereocenters. The lowest BCUT2D eigenvalue weighted by Crippen LogP contribution is -2.34. The molecule has 1 aliphatic rings. The molecular formula is C33H48N4O2. The lowest BCUT2D eigenvalue weighted by Gasteiger charge is -2.26. The molecule has 6 nitrogen and oxygen atoms in total. The number of aryl methyl sites for hydroxylation is 1. The summed E-state index contributed by atoms with van der Waals surface area (Å²) >= 11 is 0. The first-order valence-corrected chi connectivity index (χ1v) is 15.0. The van der Waals surface area contributed by atoms with E-state index >= 15 is 0 Å². The molecule has 1 aliphatic heterocycles. The number of fused-ring (bicyclic) bond motifs is 1. The molecule has 0 radical (unpaired) electrons. The highest BCUT2D eigenvalue weighted by atomic mass is 16.5. The van der Waals surface area contributed by atoms with Gasteiger partial charge in [-0.05, 0) is 93.9 Å². The quantitative estimate of drug-likeness (QED) is 0.235. The van der Waals surface area contributed by atoms with Crippen LogP contribution in [0.15, 0.2) is 42.5 Å². The van der Waals surface area contributed by atoms with Crippen LogP contribution in [0, 0.1) is 11.8 Å². The van der Waals surface area contributed by atoms with Gasteiger partial charge in [0.25, 0.3) is 5.91 Å². The summed E-state index contributed by atoms with van der Waals surface area (Å²) < 4.78 is 7.83. The fraction of sp³-hybridized carbons (Fsp3) is 0.576. The van der Waals surface area contributed by atoms with Gasteiger partial charge in [0.1, 0.15) is 11.6 Å². The summed E-state index contributed by atoms with van der Waals surface area (Å²) in [5, 5.41) is 0. The van der Waals surface area contributed by atoms with E-state index in [0.29, 0.717) is 11.8 Å². The van der Waals surface area contributed by atoms with Crippen LogP contribution < -0.4 is 4.74 Å². The number of carbonyl (C=O) groups is 1. The molecular weight excluding hydrogens is 484 g/mol. The van der Waals surface area contributed by atoms with Gasteiger partial charge in [-0.2, -0.15) is 0 Å². The maximum atomic E-state index is 13.8. The number of amides is 1.